The lowest BCUT2D eigenvalue weighted by Crippen LogP contribution is -2.02. The molecule has 0 spiro atoms. The lowest BCUT2D eigenvalue weighted by molar-refractivity contribution is 1.07. The van der Waals surface area contributed by atoms with Gasteiger partial charge in [-0.15, -0.1) is 11.3 Å². The molecule has 13 aromatic rings. The lowest BCUT2D eigenvalue weighted by Gasteiger charge is -2.16. The van der Waals surface area contributed by atoms with Crippen LogP contribution >= 0.6 is 11.3 Å². The first kappa shape index (κ1) is 38.0. The minimum Gasteiger partial charge on any atom is -0.309 e. The SMILES string of the molecule is c1ccc(-c2ccc(-c3nc(-c4cccc(-c5ccc6sc7ccccc7c6c5)c4)nc(-c4cccc(-c5cccc6ccccc56)c4)n3)cc2-n2c3ccccc3c3ccccc32)cc1. The third kappa shape index (κ3) is 6.48. The van der Waals surface area contributed by atoms with Crippen LogP contribution in [0, 0.1) is 0 Å². The molecule has 3 heterocycles. The molecule has 0 aliphatic carbocycles. The van der Waals surface area contributed by atoms with Gasteiger partial charge < -0.3 is 4.57 Å². The van der Waals surface area contributed by atoms with Gasteiger partial charge in [-0.3, -0.25) is 0 Å². The summed E-state index contributed by atoms with van der Waals surface area (Å²) in [6, 6.07) is 82.3. The number of para-hydroxylation sites is 2. The van der Waals surface area contributed by atoms with Gasteiger partial charge in [-0.05, 0) is 87.1 Å². The lowest BCUT2D eigenvalue weighted by atomic mass is 9.97. The van der Waals surface area contributed by atoms with Gasteiger partial charge in [0.2, 0.25) is 0 Å². The summed E-state index contributed by atoms with van der Waals surface area (Å²) >= 11 is 1.84. The minimum absolute atomic E-state index is 0.601. The standard InChI is InChI=1S/C61H38N4S/c1-2-15-40(16-3-1)49-33-31-46(38-56(49)65-54-28-9-6-24-50(54)51-25-7-10-29-55(51)65)61-63-59(44-21-12-19-41(35-44)42-32-34-58-53(37-42)52-26-8-11-30-57(52)66-58)62-60(64-61)45-22-13-20-43(36-45)48-27-14-18-39-17-4-5-23-47(39)48/h1-38H. The number of hydrogen-bond acceptors (Lipinski definition) is 4. The van der Waals surface area contributed by atoms with Gasteiger partial charge in [-0.1, -0.05) is 182 Å². The fourth-order valence-corrected chi connectivity index (χ4v) is 10.8. The van der Waals surface area contributed by atoms with Crippen LogP contribution in [0.5, 0.6) is 0 Å². The molecule has 0 atom stereocenters. The molecule has 3 aromatic heterocycles. The Bertz CT molecular complexity index is 3960. The molecule has 0 amide bonds. The highest BCUT2D eigenvalue weighted by Crippen LogP contribution is 2.40. The third-order valence-electron chi connectivity index (χ3n) is 12.8. The minimum atomic E-state index is 0.601. The van der Waals surface area contributed by atoms with Crippen molar-refractivity contribution in [2.75, 3.05) is 0 Å². The van der Waals surface area contributed by atoms with Gasteiger partial charge in [0.1, 0.15) is 0 Å². The average Bonchev–Trinajstić information content (AvgIpc) is 3.94. The highest BCUT2D eigenvalue weighted by Gasteiger charge is 2.20. The Morgan fingerprint density at radius 3 is 1.53 bits per heavy atom. The molecule has 5 heteroatoms. The molecule has 0 N–H and O–H groups in total. The van der Waals surface area contributed by atoms with E-state index in [0.29, 0.717) is 17.5 Å². The molecular weight excluding hydrogens is 821 g/mol. The van der Waals surface area contributed by atoms with Gasteiger partial charge in [0.15, 0.2) is 17.5 Å². The number of aromatic nitrogens is 4. The van der Waals surface area contributed by atoms with Crippen LogP contribution in [0.15, 0.2) is 231 Å². The summed E-state index contributed by atoms with van der Waals surface area (Å²) in [5.41, 5.74) is 12.8. The van der Waals surface area contributed by atoms with Crippen LogP contribution in [-0.2, 0) is 0 Å². The van der Waals surface area contributed by atoms with E-state index in [1.54, 1.807) is 0 Å². The second kappa shape index (κ2) is 15.6. The van der Waals surface area contributed by atoms with Crippen molar-refractivity contribution >= 4 is 64.1 Å². The van der Waals surface area contributed by atoms with Gasteiger partial charge in [0, 0.05) is 53.2 Å². The first-order valence-corrected chi connectivity index (χ1v) is 23.1. The first-order valence-electron chi connectivity index (χ1n) is 22.3. The van der Waals surface area contributed by atoms with E-state index in [4.69, 9.17) is 15.0 Å². The van der Waals surface area contributed by atoms with Gasteiger partial charge >= 0.3 is 0 Å². The van der Waals surface area contributed by atoms with E-state index < -0.39 is 0 Å². The summed E-state index contributed by atoms with van der Waals surface area (Å²) in [7, 11) is 0. The van der Waals surface area contributed by atoms with Crippen LogP contribution in [0.4, 0.5) is 0 Å². The Morgan fingerprint density at radius 1 is 0.288 bits per heavy atom. The van der Waals surface area contributed by atoms with Crippen molar-refractivity contribution in [3.8, 4) is 73.2 Å². The zero-order chi connectivity index (χ0) is 43.6. The number of hydrogen-bond donors (Lipinski definition) is 0. The van der Waals surface area contributed by atoms with Crippen molar-refractivity contribution < 1.29 is 0 Å². The monoisotopic (exact) mass is 858 g/mol. The molecule has 308 valence electrons. The summed E-state index contributed by atoms with van der Waals surface area (Å²) in [6.45, 7) is 0. The van der Waals surface area contributed by atoms with E-state index >= 15 is 0 Å². The summed E-state index contributed by atoms with van der Waals surface area (Å²) in [4.78, 5) is 16.0. The fraction of sp³-hybridized carbons (Fsp3) is 0. The molecule has 10 aromatic carbocycles. The van der Waals surface area contributed by atoms with E-state index in [0.717, 1.165) is 61.2 Å². The topological polar surface area (TPSA) is 43.6 Å². The van der Waals surface area contributed by atoms with Crippen molar-refractivity contribution in [2.45, 2.75) is 0 Å². The van der Waals surface area contributed by atoms with Gasteiger partial charge in [-0.25, -0.2) is 15.0 Å². The second-order valence-corrected chi connectivity index (χ2v) is 17.9. The number of fused-ring (bicyclic) bond motifs is 7. The van der Waals surface area contributed by atoms with Crippen LogP contribution in [0.25, 0.3) is 126 Å². The van der Waals surface area contributed by atoms with Gasteiger partial charge in [-0.2, -0.15) is 0 Å². The quantitative estimate of drug-likeness (QED) is 0.160. The van der Waals surface area contributed by atoms with Gasteiger partial charge in [0.05, 0.1) is 16.7 Å². The molecule has 0 aliphatic rings. The third-order valence-corrected chi connectivity index (χ3v) is 14.0. The molecule has 66 heavy (non-hydrogen) atoms. The van der Waals surface area contributed by atoms with E-state index in [2.05, 4.69) is 235 Å². The van der Waals surface area contributed by atoms with E-state index in [-0.39, 0.29) is 0 Å². The molecular formula is C61H38N4S. The molecule has 4 nitrogen and oxygen atoms in total. The second-order valence-electron chi connectivity index (χ2n) is 16.8. The van der Waals surface area contributed by atoms with E-state index in [1.165, 1.54) is 47.3 Å². The Hall–Kier alpha value is -8.51. The maximum Gasteiger partial charge on any atom is 0.164 e. The predicted molar refractivity (Wildman–Crippen MR) is 277 cm³/mol. The molecule has 0 bridgehead atoms. The van der Waals surface area contributed by atoms with Crippen molar-refractivity contribution in [3.63, 3.8) is 0 Å². The normalized spacial score (nSPS) is 11.6. The van der Waals surface area contributed by atoms with Gasteiger partial charge in [0.25, 0.3) is 0 Å². The van der Waals surface area contributed by atoms with Crippen LogP contribution in [0.2, 0.25) is 0 Å². The number of nitrogens with zero attached hydrogens (tertiary/aromatic N) is 4. The highest BCUT2D eigenvalue weighted by atomic mass is 32.1. The number of thiophene rings is 1. The molecule has 0 fully saturated rings. The largest absolute Gasteiger partial charge is 0.309 e. The summed E-state index contributed by atoms with van der Waals surface area (Å²) < 4.78 is 4.97. The van der Waals surface area contributed by atoms with E-state index in [1.807, 2.05) is 11.3 Å². The Labute approximate surface area is 385 Å². The van der Waals surface area contributed by atoms with Crippen LogP contribution in [0.3, 0.4) is 0 Å². The molecule has 0 aliphatic heterocycles. The highest BCUT2D eigenvalue weighted by molar-refractivity contribution is 7.25. The zero-order valence-corrected chi connectivity index (χ0v) is 36.5. The van der Waals surface area contributed by atoms with Crippen molar-refractivity contribution in [1.82, 2.24) is 19.5 Å². The Morgan fingerprint density at radius 2 is 0.788 bits per heavy atom. The maximum atomic E-state index is 5.36. The summed E-state index contributed by atoms with van der Waals surface area (Å²) in [5.74, 6) is 1.82. The molecule has 0 saturated heterocycles. The molecule has 0 unspecified atom stereocenters. The number of benzene rings is 10. The first-order chi connectivity index (χ1) is 32.7. The summed E-state index contributed by atoms with van der Waals surface area (Å²) in [6.07, 6.45) is 0. The smallest absolute Gasteiger partial charge is 0.164 e. The van der Waals surface area contributed by atoms with Crippen molar-refractivity contribution in [1.29, 1.82) is 0 Å². The number of rotatable bonds is 7. The molecule has 0 radical (unpaired) electrons. The molecule has 13 rings (SSSR count). The Balaban J connectivity index is 1.02. The fourth-order valence-electron chi connectivity index (χ4n) is 9.71. The van der Waals surface area contributed by atoms with Crippen LogP contribution < -0.4 is 0 Å². The predicted octanol–water partition coefficient (Wildman–Crippen LogP) is 16.5. The van der Waals surface area contributed by atoms with Crippen molar-refractivity contribution in [2.24, 2.45) is 0 Å². The van der Waals surface area contributed by atoms with Crippen molar-refractivity contribution in [3.05, 3.63) is 231 Å². The van der Waals surface area contributed by atoms with Crippen LogP contribution in [-0.4, -0.2) is 19.5 Å². The molecule has 0 saturated carbocycles. The maximum absolute atomic E-state index is 5.36. The average molecular weight is 859 g/mol. The summed E-state index contributed by atoms with van der Waals surface area (Å²) in [5, 5.41) is 7.38. The Kier molecular flexibility index (Phi) is 9.00. The van der Waals surface area contributed by atoms with E-state index in [9.17, 15) is 0 Å². The van der Waals surface area contributed by atoms with Crippen LogP contribution in [0.1, 0.15) is 0 Å². The zero-order valence-electron chi connectivity index (χ0n) is 35.6.